The lowest BCUT2D eigenvalue weighted by Crippen LogP contribution is -2.41. The van der Waals surface area contributed by atoms with Gasteiger partial charge in [0.25, 0.3) is 0 Å². The highest BCUT2D eigenvalue weighted by molar-refractivity contribution is 6.66. The van der Waals surface area contributed by atoms with Crippen molar-refractivity contribution in [2.75, 3.05) is 0 Å². The first-order valence-corrected chi connectivity index (χ1v) is 7.26. The van der Waals surface area contributed by atoms with E-state index in [1.807, 2.05) is 27.7 Å². The van der Waals surface area contributed by atoms with Crippen LogP contribution in [0.25, 0.3) is 0 Å². The fourth-order valence-electron chi connectivity index (χ4n) is 2.40. The van der Waals surface area contributed by atoms with Gasteiger partial charge in [-0.05, 0) is 40.5 Å². The van der Waals surface area contributed by atoms with Crippen molar-refractivity contribution in [3.63, 3.8) is 0 Å². The van der Waals surface area contributed by atoms with Gasteiger partial charge in [0.15, 0.2) is 0 Å². The third-order valence-electron chi connectivity index (χ3n) is 4.65. The van der Waals surface area contributed by atoms with Gasteiger partial charge in [0.1, 0.15) is 0 Å². The van der Waals surface area contributed by atoms with E-state index in [-0.39, 0.29) is 0 Å². The van der Waals surface area contributed by atoms with E-state index < -0.39 is 23.9 Å². The molecule has 6 heteroatoms. The van der Waals surface area contributed by atoms with E-state index in [0.717, 1.165) is 18.4 Å². The van der Waals surface area contributed by atoms with Crippen molar-refractivity contribution in [3.8, 4) is 0 Å². The zero-order valence-corrected chi connectivity index (χ0v) is 13.0. The molecule has 2 aliphatic rings. The van der Waals surface area contributed by atoms with Gasteiger partial charge in [0.2, 0.25) is 0 Å². The molecule has 1 aliphatic carbocycles. The van der Waals surface area contributed by atoms with E-state index in [9.17, 15) is 5.11 Å². The summed E-state index contributed by atoms with van der Waals surface area (Å²) in [6, 6.07) is 0. The first kappa shape index (κ1) is 14.3. The molecule has 0 bridgehead atoms. The van der Waals surface area contributed by atoms with E-state index in [2.05, 4.69) is 4.98 Å². The minimum absolute atomic E-state index is 0.437. The van der Waals surface area contributed by atoms with Crippen molar-refractivity contribution in [2.45, 2.75) is 57.3 Å². The number of nitrogens with zero attached hydrogens (tertiary/aromatic N) is 1. The maximum absolute atomic E-state index is 10.4. The zero-order valence-electron chi connectivity index (χ0n) is 12.2. The molecule has 3 rings (SSSR count). The van der Waals surface area contributed by atoms with Crippen LogP contribution in [0, 0.1) is 0 Å². The van der Waals surface area contributed by atoms with Crippen LogP contribution in [0.3, 0.4) is 0 Å². The molecule has 0 radical (unpaired) electrons. The van der Waals surface area contributed by atoms with Gasteiger partial charge in [-0.15, -0.1) is 0 Å². The Morgan fingerprint density at radius 3 is 2.20 bits per heavy atom. The summed E-state index contributed by atoms with van der Waals surface area (Å²) in [7, 11) is -0.574. The topological polar surface area (TPSA) is 51.6 Å². The molecule has 1 saturated carbocycles. The maximum Gasteiger partial charge on any atom is 0.496 e. The minimum atomic E-state index is -0.823. The molecule has 1 aromatic rings. The van der Waals surface area contributed by atoms with E-state index in [1.165, 1.54) is 0 Å². The van der Waals surface area contributed by atoms with Gasteiger partial charge in [-0.25, -0.2) is 0 Å². The van der Waals surface area contributed by atoms with Crippen molar-refractivity contribution in [2.24, 2.45) is 0 Å². The molecule has 2 fully saturated rings. The summed E-state index contributed by atoms with van der Waals surface area (Å²) >= 11 is 6.30. The molecule has 108 valence electrons. The summed E-state index contributed by atoms with van der Waals surface area (Å²) in [6.45, 7) is 7.97. The molecule has 20 heavy (non-hydrogen) atoms. The average molecular weight is 296 g/mol. The average Bonchev–Trinajstić information content (AvgIpc) is 3.01. The largest absolute Gasteiger partial charge is 0.496 e. The molecule has 1 aliphatic heterocycles. The molecule has 1 saturated heterocycles. The lowest BCUT2D eigenvalue weighted by atomic mass is 9.75. The monoisotopic (exact) mass is 295 g/mol. The lowest BCUT2D eigenvalue weighted by Gasteiger charge is -2.32. The van der Waals surface area contributed by atoms with Gasteiger partial charge in [-0.2, -0.15) is 0 Å². The van der Waals surface area contributed by atoms with Crippen molar-refractivity contribution < 1.29 is 14.4 Å². The highest BCUT2D eigenvalue weighted by atomic mass is 35.5. The summed E-state index contributed by atoms with van der Waals surface area (Å²) in [5, 5.41) is 10.9. The van der Waals surface area contributed by atoms with Crippen LogP contribution in [0.4, 0.5) is 0 Å². The van der Waals surface area contributed by atoms with Crippen LogP contribution >= 0.6 is 11.6 Å². The first-order valence-electron chi connectivity index (χ1n) is 6.88. The quantitative estimate of drug-likeness (QED) is 0.848. The van der Waals surface area contributed by atoms with Gasteiger partial charge >= 0.3 is 7.12 Å². The number of pyridine rings is 1. The molecular formula is C14H19BClNO3. The van der Waals surface area contributed by atoms with Crippen molar-refractivity contribution in [3.05, 3.63) is 23.0 Å². The van der Waals surface area contributed by atoms with Crippen LogP contribution in [-0.2, 0) is 14.9 Å². The Labute approximate surface area is 124 Å². The van der Waals surface area contributed by atoms with Gasteiger partial charge in [-0.1, -0.05) is 11.6 Å². The zero-order chi connectivity index (χ0) is 14.8. The highest BCUT2D eigenvalue weighted by Gasteiger charge is 2.55. The summed E-state index contributed by atoms with van der Waals surface area (Å²) in [6.07, 6.45) is 4.68. The molecule has 2 heterocycles. The van der Waals surface area contributed by atoms with Crippen LogP contribution in [0.5, 0.6) is 0 Å². The smallest absolute Gasteiger partial charge is 0.399 e. The Hall–Kier alpha value is -0.615. The van der Waals surface area contributed by atoms with E-state index in [0.29, 0.717) is 10.5 Å². The summed E-state index contributed by atoms with van der Waals surface area (Å²) in [5.74, 6) is 0. The predicted octanol–water partition coefficient (Wildman–Crippen LogP) is 2.02. The Balaban J connectivity index is 2.04. The summed E-state index contributed by atoms with van der Waals surface area (Å²) in [4.78, 5) is 4.09. The van der Waals surface area contributed by atoms with Crippen LogP contribution in [-0.4, -0.2) is 28.4 Å². The molecule has 0 amide bonds. The molecule has 0 atom stereocenters. The van der Waals surface area contributed by atoms with E-state index in [4.69, 9.17) is 20.9 Å². The predicted molar refractivity (Wildman–Crippen MR) is 78.1 cm³/mol. The molecule has 0 spiro atoms. The van der Waals surface area contributed by atoms with Crippen molar-refractivity contribution in [1.29, 1.82) is 0 Å². The molecule has 0 aromatic carbocycles. The number of halogens is 1. The second kappa shape index (κ2) is 4.20. The second-order valence-corrected chi connectivity index (χ2v) is 7.11. The van der Waals surface area contributed by atoms with Crippen molar-refractivity contribution >= 4 is 24.2 Å². The van der Waals surface area contributed by atoms with Gasteiger partial charge < -0.3 is 14.4 Å². The fraction of sp³-hybridized carbons (Fsp3) is 0.643. The summed E-state index contributed by atoms with van der Waals surface area (Å²) in [5.41, 5.74) is -0.262. The van der Waals surface area contributed by atoms with Crippen LogP contribution < -0.4 is 5.46 Å². The third kappa shape index (κ3) is 2.08. The lowest BCUT2D eigenvalue weighted by molar-refractivity contribution is 0.00578. The Morgan fingerprint density at radius 2 is 1.70 bits per heavy atom. The second-order valence-electron chi connectivity index (χ2n) is 6.70. The maximum atomic E-state index is 10.4. The van der Waals surface area contributed by atoms with Gasteiger partial charge in [0.05, 0.1) is 21.8 Å². The first-order chi connectivity index (χ1) is 9.16. The molecule has 4 nitrogen and oxygen atoms in total. The van der Waals surface area contributed by atoms with Gasteiger partial charge in [-0.3, -0.25) is 4.98 Å². The number of hydrogen-bond acceptors (Lipinski definition) is 4. The number of hydrogen-bond donors (Lipinski definition) is 1. The highest BCUT2D eigenvalue weighted by Crippen LogP contribution is 2.46. The molecule has 1 aromatic heterocycles. The fourth-order valence-corrected chi connectivity index (χ4v) is 2.65. The molecule has 0 unspecified atom stereocenters. The Morgan fingerprint density at radius 1 is 1.15 bits per heavy atom. The molecule has 1 N–H and O–H groups in total. The summed E-state index contributed by atoms with van der Waals surface area (Å²) < 4.78 is 12.1. The Bertz CT molecular complexity index is 541. The van der Waals surface area contributed by atoms with Crippen LogP contribution in [0.15, 0.2) is 12.4 Å². The number of aromatic nitrogens is 1. The van der Waals surface area contributed by atoms with Gasteiger partial charge in [0, 0.05) is 23.4 Å². The third-order valence-corrected chi connectivity index (χ3v) is 4.95. The Kier molecular flexibility index (Phi) is 3.01. The standard InChI is InChI=1S/C14H19BClNO3/c1-12(2)13(3,4)20-15(19-12)11-9(14(18)5-6-14)7-17-8-10(11)16/h7-8,18H,5-6H2,1-4H3. The SMILES string of the molecule is CC1(C)OB(c2c(Cl)cncc2C2(O)CC2)OC1(C)C. The van der Waals surface area contributed by atoms with Crippen LogP contribution in [0.2, 0.25) is 5.02 Å². The number of rotatable bonds is 2. The van der Waals surface area contributed by atoms with Crippen LogP contribution in [0.1, 0.15) is 46.1 Å². The van der Waals surface area contributed by atoms with Crippen molar-refractivity contribution in [1.82, 2.24) is 4.98 Å². The number of aliphatic hydroxyl groups is 1. The normalized spacial score (nSPS) is 25.8. The van der Waals surface area contributed by atoms with E-state index in [1.54, 1.807) is 12.4 Å². The van der Waals surface area contributed by atoms with E-state index >= 15 is 0 Å². The molecular weight excluding hydrogens is 276 g/mol. The minimum Gasteiger partial charge on any atom is -0.399 e.